The Morgan fingerprint density at radius 2 is 2.00 bits per heavy atom. The van der Waals surface area contributed by atoms with Gasteiger partial charge in [0.2, 0.25) is 0 Å². The minimum atomic E-state index is -0.263. The molecule has 1 heterocycles. The van der Waals surface area contributed by atoms with Crippen molar-refractivity contribution in [2.24, 2.45) is 5.92 Å². The Morgan fingerprint density at radius 1 is 1.23 bits per heavy atom. The summed E-state index contributed by atoms with van der Waals surface area (Å²) in [4.78, 5) is 17.7. The summed E-state index contributed by atoms with van der Waals surface area (Å²) in [6, 6.07) is 10.2. The predicted octanol–water partition coefficient (Wildman–Crippen LogP) is 6.61. The number of rotatable bonds is 7. The van der Waals surface area contributed by atoms with E-state index in [0.717, 1.165) is 28.7 Å². The molecule has 0 atom stereocenters. The number of aromatic nitrogens is 1. The Hall–Kier alpha value is -3.51. The number of aryl methyl sites for hydroxylation is 1. The maximum atomic E-state index is 13.5. The third-order valence-corrected chi connectivity index (χ3v) is 5.19. The van der Waals surface area contributed by atoms with Gasteiger partial charge < -0.3 is 0 Å². The predicted molar refractivity (Wildman–Crippen MR) is 126 cm³/mol. The van der Waals surface area contributed by atoms with Crippen molar-refractivity contribution in [1.29, 1.82) is 0 Å². The maximum Gasteiger partial charge on any atom is 0.167 e. The van der Waals surface area contributed by atoms with Gasteiger partial charge in [0.1, 0.15) is 5.82 Å². The zero-order valence-corrected chi connectivity index (χ0v) is 18.0. The van der Waals surface area contributed by atoms with Gasteiger partial charge in [-0.1, -0.05) is 56.7 Å². The van der Waals surface area contributed by atoms with E-state index in [0.29, 0.717) is 29.8 Å². The molecule has 0 N–H and O–H groups in total. The number of pyridine rings is 1. The molecular formula is C28H26FNO. The van der Waals surface area contributed by atoms with Crippen molar-refractivity contribution < 1.29 is 9.18 Å². The van der Waals surface area contributed by atoms with Gasteiger partial charge in [0.05, 0.1) is 11.4 Å². The first kappa shape index (κ1) is 22.2. The molecule has 0 fully saturated rings. The summed E-state index contributed by atoms with van der Waals surface area (Å²) in [6.07, 6.45) is 15.6. The van der Waals surface area contributed by atoms with Crippen LogP contribution in [0.1, 0.15) is 54.0 Å². The van der Waals surface area contributed by atoms with Gasteiger partial charge in [0.25, 0.3) is 0 Å². The van der Waals surface area contributed by atoms with E-state index in [9.17, 15) is 9.18 Å². The van der Waals surface area contributed by atoms with Crippen LogP contribution in [0.2, 0.25) is 0 Å². The minimum absolute atomic E-state index is 0.0170. The second-order valence-corrected chi connectivity index (χ2v) is 7.86. The number of nitrogens with zero attached hydrogens (tertiary/aromatic N) is 1. The van der Waals surface area contributed by atoms with Crippen LogP contribution in [0.15, 0.2) is 72.9 Å². The van der Waals surface area contributed by atoms with Gasteiger partial charge in [-0.2, -0.15) is 0 Å². The lowest BCUT2D eigenvalue weighted by atomic mass is 9.93. The van der Waals surface area contributed by atoms with Gasteiger partial charge in [-0.05, 0) is 60.7 Å². The maximum absolute atomic E-state index is 13.5. The normalized spacial score (nSPS) is 13.3. The van der Waals surface area contributed by atoms with E-state index in [1.165, 1.54) is 12.1 Å². The summed E-state index contributed by atoms with van der Waals surface area (Å²) in [5.41, 5.74) is 5.06. The average molecular weight is 412 g/mol. The van der Waals surface area contributed by atoms with Crippen LogP contribution in [0.25, 0.3) is 11.1 Å². The molecule has 1 aliphatic carbocycles. The molecule has 0 bridgehead atoms. The number of ketones is 1. The molecule has 0 amide bonds. The molecule has 0 saturated carbocycles. The molecule has 156 valence electrons. The molecule has 0 aliphatic heterocycles. The van der Waals surface area contributed by atoms with Gasteiger partial charge in [-0.15, -0.1) is 6.42 Å². The molecule has 0 saturated heterocycles. The van der Waals surface area contributed by atoms with Crippen LogP contribution >= 0.6 is 0 Å². The van der Waals surface area contributed by atoms with Gasteiger partial charge in [-0.3, -0.25) is 4.79 Å². The Balaban J connectivity index is 2.01. The smallest absolute Gasteiger partial charge is 0.167 e. The van der Waals surface area contributed by atoms with E-state index in [1.807, 2.05) is 56.4 Å². The quantitative estimate of drug-likeness (QED) is 0.379. The largest absolute Gasteiger partial charge is 0.294 e. The summed E-state index contributed by atoms with van der Waals surface area (Å²) < 4.78 is 13.5. The van der Waals surface area contributed by atoms with Crippen LogP contribution in [0.3, 0.4) is 0 Å². The molecule has 2 aromatic rings. The first-order valence-corrected chi connectivity index (χ1v) is 10.4. The highest BCUT2D eigenvalue weighted by molar-refractivity contribution is 6.01. The number of carbonyl (C=O) groups is 1. The van der Waals surface area contributed by atoms with Crippen molar-refractivity contribution in [2.75, 3.05) is 0 Å². The summed E-state index contributed by atoms with van der Waals surface area (Å²) in [5, 5.41) is 0. The lowest BCUT2D eigenvalue weighted by Gasteiger charge is -2.15. The van der Waals surface area contributed by atoms with Crippen molar-refractivity contribution >= 4 is 16.9 Å². The van der Waals surface area contributed by atoms with E-state index in [1.54, 1.807) is 6.07 Å². The van der Waals surface area contributed by atoms with Crippen molar-refractivity contribution in [1.82, 2.24) is 4.98 Å². The zero-order valence-electron chi connectivity index (χ0n) is 18.0. The zero-order chi connectivity index (χ0) is 22.4. The van der Waals surface area contributed by atoms with E-state index in [2.05, 4.69) is 12.5 Å². The number of hydrogen-bond acceptors (Lipinski definition) is 2. The Morgan fingerprint density at radius 3 is 2.71 bits per heavy atom. The first-order chi connectivity index (χ1) is 14.9. The molecule has 31 heavy (non-hydrogen) atoms. The van der Waals surface area contributed by atoms with Crippen LogP contribution in [0, 0.1) is 24.1 Å². The fraction of sp³-hybridized carbons (Fsp3) is 0.214. The Labute approximate surface area is 183 Å². The van der Waals surface area contributed by atoms with E-state index in [-0.39, 0.29) is 17.5 Å². The second-order valence-electron chi connectivity index (χ2n) is 7.86. The van der Waals surface area contributed by atoms with E-state index in [4.69, 9.17) is 11.4 Å². The number of terminal acetylenes is 1. The van der Waals surface area contributed by atoms with Gasteiger partial charge >= 0.3 is 0 Å². The lowest BCUT2D eigenvalue weighted by Crippen LogP contribution is -2.12. The molecular weight excluding hydrogens is 385 g/mol. The van der Waals surface area contributed by atoms with Gasteiger partial charge in [-0.25, -0.2) is 9.37 Å². The molecule has 3 heteroatoms. The summed E-state index contributed by atoms with van der Waals surface area (Å²) >= 11 is 0. The van der Waals surface area contributed by atoms with Gasteiger partial charge in [0.15, 0.2) is 5.78 Å². The van der Waals surface area contributed by atoms with Crippen molar-refractivity contribution in [3.63, 3.8) is 0 Å². The molecule has 3 rings (SSSR count). The molecule has 2 nitrogen and oxygen atoms in total. The molecule has 0 radical (unpaired) electrons. The highest BCUT2D eigenvalue weighted by Crippen LogP contribution is 2.28. The third kappa shape index (κ3) is 5.35. The van der Waals surface area contributed by atoms with Crippen LogP contribution in [0.4, 0.5) is 4.39 Å². The first-order valence-electron chi connectivity index (χ1n) is 10.4. The SMILES string of the molecule is C#CC1=C(c2ccc(C(=O)C(C)C)c(C(=C)CCc3cccc(F)c3)n2)C=CCC=C1. The minimum Gasteiger partial charge on any atom is -0.294 e. The fourth-order valence-corrected chi connectivity index (χ4v) is 3.47. The molecule has 1 aliphatic rings. The Kier molecular flexibility index (Phi) is 7.15. The van der Waals surface area contributed by atoms with Crippen molar-refractivity contribution in [3.8, 4) is 12.3 Å². The number of hydrogen-bond donors (Lipinski definition) is 0. The molecule has 0 unspecified atom stereocenters. The van der Waals surface area contributed by atoms with Crippen LogP contribution in [-0.4, -0.2) is 10.8 Å². The number of allylic oxidation sites excluding steroid dienone is 7. The summed E-state index contributed by atoms with van der Waals surface area (Å²) in [5.74, 6) is 2.32. The molecule has 1 aromatic heterocycles. The Bertz CT molecular complexity index is 1140. The number of carbonyl (C=O) groups excluding carboxylic acids is 1. The van der Waals surface area contributed by atoms with Crippen LogP contribution in [-0.2, 0) is 6.42 Å². The number of Topliss-reactive ketones (excluding diaryl/α,β-unsaturated/α-hetero) is 1. The molecule has 0 spiro atoms. The molecule has 1 aromatic carbocycles. The standard InChI is InChI=1S/C28H26FNO/c1-5-22-11-7-6-8-13-24(22)26-17-16-25(28(31)19(2)3)27(30-26)20(4)14-15-21-10-9-12-23(29)18-21/h1,7-13,16-19H,4,6,14-15H2,2-3H3. The van der Waals surface area contributed by atoms with Crippen molar-refractivity contribution in [2.45, 2.75) is 33.1 Å². The highest BCUT2D eigenvalue weighted by Gasteiger charge is 2.20. The van der Waals surface area contributed by atoms with E-state index >= 15 is 0 Å². The highest BCUT2D eigenvalue weighted by atomic mass is 19.1. The van der Waals surface area contributed by atoms with E-state index < -0.39 is 0 Å². The van der Waals surface area contributed by atoms with Gasteiger partial charge in [0, 0.05) is 22.6 Å². The fourth-order valence-electron chi connectivity index (χ4n) is 3.47. The topological polar surface area (TPSA) is 30.0 Å². The summed E-state index contributed by atoms with van der Waals surface area (Å²) in [6.45, 7) is 7.95. The summed E-state index contributed by atoms with van der Waals surface area (Å²) in [7, 11) is 0. The number of halogens is 1. The van der Waals surface area contributed by atoms with Crippen LogP contribution < -0.4 is 0 Å². The number of benzene rings is 1. The average Bonchev–Trinajstić information content (AvgIpc) is 3.02. The lowest BCUT2D eigenvalue weighted by molar-refractivity contribution is 0.0938. The van der Waals surface area contributed by atoms with Crippen LogP contribution in [0.5, 0.6) is 0 Å². The third-order valence-electron chi connectivity index (χ3n) is 5.19. The second kappa shape index (κ2) is 10.00. The monoisotopic (exact) mass is 411 g/mol. The van der Waals surface area contributed by atoms with Crippen molar-refractivity contribution in [3.05, 3.63) is 101 Å².